The van der Waals surface area contributed by atoms with Crippen LogP contribution in [0.5, 0.6) is 0 Å². The third-order valence-corrected chi connectivity index (χ3v) is 7.36. The Kier molecular flexibility index (Phi) is 4.01. The van der Waals surface area contributed by atoms with E-state index in [9.17, 15) is 0 Å². The lowest BCUT2D eigenvalue weighted by Gasteiger charge is -2.38. The molecule has 0 amide bonds. The number of hydrogen-bond donors (Lipinski definition) is 0. The molecule has 2 aliphatic heterocycles. The molecule has 0 unspecified atom stereocenters. The summed E-state index contributed by atoms with van der Waals surface area (Å²) in [5.41, 5.74) is 1.30. The van der Waals surface area contributed by atoms with Gasteiger partial charge in [0.25, 0.3) is 0 Å². The van der Waals surface area contributed by atoms with Crippen LogP contribution in [0, 0.1) is 13.8 Å². The molecule has 0 aromatic carbocycles. The maximum absolute atomic E-state index is 5.89. The normalized spacial score (nSPS) is 19.7. The zero-order valence-electron chi connectivity index (χ0n) is 14.9. The molecule has 2 aliphatic rings. The van der Waals surface area contributed by atoms with Crippen molar-refractivity contribution < 1.29 is 9.47 Å². The van der Waals surface area contributed by atoms with Crippen molar-refractivity contribution in [1.29, 1.82) is 0 Å². The molecule has 5 rings (SSSR count). The zero-order valence-corrected chi connectivity index (χ0v) is 16.6. The fourth-order valence-electron chi connectivity index (χ4n) is 3.82. The van der Waals surface area contributed by atoms with Crippen molar-refractivity contribution in [3.8, 4) is 10.7 Å². The maximum Gasteiger partial charge on any atom is 0.173 e. The SMILES string of the molecule is Cc1sc2nc(-c3cccs3)nc(N3CCC4(CC3)OCCO4)c2c1C. The Morgan fingerprint density at radius 2 is 1.88 bits per heavy atom. The van der Waals surface area contributed by atoms with Gasteiger partial charge in [-0.2, -0.15) is 0 Å². The second kappa shape index (κ2) is 6.27. The van der Waals surface area contributed by atoms with E-state index in [0.717, 1.165) is 47.3 Å². The molecule has 1 spiro atoms. The topological polar surface area (TPSA) is 47.5 Å². The quantitative estimate of drug-likeness (QED) is 0.653. The Balaban J connectivity index is 1.57. The molecule has 26 heavy (non-hydrogen) atoms. The van der Waals surface area contributed by atoms with E-state index in [1.54, 1.807) is 22.7 Å². The lowest BCUT2D eigenvalue weighted by Crippen LogP contribution is -2.45. The molecule has 5 nitrogen and oxygen atoms in total. The van der Waals surface area contributed by atoms with Gasteiger partial charge < -0.3 is 14.4 Å². The van der Waals surface area contributed by atoms with E-state index in [1.807, 2.05) is 0 Å². The summed E-state index contributed by atoms with van der Waals surface area (Å²) in [5, 5.41) is 3.28. The van der Waals surface area contributed by atoms with Crippen molar-refractivity contribution in [2.24, 2.45) is 0 Å². The van der Waals surface area contributed by atoms with Gasteiger partial charge in [-0.25, -0.2) is 9.97 Å². The Hall–Kier alpha value is -1.54. The average molecular weight is 388 g/mol. The molecule has 136 valence electrons. The molecule has 2 fully saturated rings. The molecule has 5 heterocycles. The van der Waals surface area contributed by atoms with Gasteiger partial charge in [-0.3, -0.25) is 0 Å². The third-order valence-electron chi connectivity index (χ3n) is 5.39. The summed E-state index contributed by atoms with van der Waals surface area (Å²) in [7, 11) is 0. The molecule has 0 N–H and O–H groups in total. The van der Waals surface area contributed by atoms with E-state index in [-0.39, 0.29) is 5.79 Å². The number of thiophene rings is 2. The second-order valence-electron chi connectivity index (χ2n) is 6.91. The highest BCUT2D eigenvalue weighted by molar-refractivity contribution is 7.19. The molecular weight excluding hydrogens is 366 g/mol. The Morgan fingerprint density at radius 1 is 1.12 bits per heavy atom. The van der Waals surface area contributed by atoms with Crippen LogP contribution < -0.4 is 4.90 Å². The molecule has 0 radical (unpaired) electrons. The minimum Gasteiger partial charge on any atom is -0.356 e. The van der Waals surface area contributed by atoms with Crippen molar-refractivity contribution in [2.75, 3.05) is 31.2 Å². The van der Waals surface area contributed by atoms with Gasteiger partial charge in [-0.05, 0) is 30.9 Å². The fourth-order valence-corrected chi connectivity index (χ4v) is 5.50. The predicted octanol–water partition coefficient (Wildman–Crippen LogP) is 4.38. The molecule has 0 bridgehead atoms. The first kappa shape index (κ1) is 16.6. The fraction of sp³-hybridized carbons (Fsp3) is 0.474. The molecule has 7 heteroatoms. The molecule has 2 saturated heterocycles. The van der Waals surface area contributed by atoms with Crippen molar-refractivity contribution >= 4 is 38.7 Å². The largest absolute Gasteiger partial charge is 0.356 e. The summed E-state index contributed by atoms with van der Waals surface area (Å²) in [5.74, 6) is 1.53. The summed E-state index contributed by atoms with van der Waals surface area (Å²) >= 11 is 3.45. The predicted molar refractivity (Wildman–Crippen MR) is 106 cm³/mol. The molecule has 0 aliphatic carbocycles. The number of aryl methyl sites for hydroxylation is 2. The zero-order chi connectivity index (χ0) is 17.7. The van der Waals surface area contributed by atoms with Crippen LogP contribution in [0.2, 0.25) is 0 Å². The molecule has 3 aromatic rings. The first-order valence-electron chi connectivity index (χ1n) is 9.00. The van der Waals surface area contributed by atoms with E-state index in [0.29, 0.717) is 13.2 Å². The lowest BCUT2D eigenvalue weighted by molar-refractivity contribution is -0.169. The van der Waals surface area contributed by atoms with E-state index in [2.05, 4.69) is 36.3 Å². The lowest BCUT2D eigenvalue weighted by atomic mass is 10.0. The highest BCUT2D eigenvalue weighted by atomic mass is 32.1. The van der Waals surface area contributed by atoms with Crippen molar-refractivity contribution in [2.45, 2.75) is 32.5 Å². The van der Waals surface area contributed by atoms with Gasteiger partial charge in [-0.15, -0.1) is 22.7 Å². The van der Waals surface area contributed by atoms with Crippen LogP contribution in [0.4, 0.5) is 5.82 Å². The molecular formula is C19H21N3O2S2. The minimum atomic E-state index is -0.362. The number of aromatic nitrogens is 2. The number of fused-ring (bicyclic) bond motifs is 1. The minimum absolute atomic E-state index is 0.362. The number of piperidine rings is 1. The van der Waals surface area contributed by atoms with Crippen molar-refractivity contribution in [3.63, 3.8) is 0 Å². The number of rotatable bonds is 2. The van der Waals surface area contributed by atoms with E-state index < -0.39 is 0 Å². The highest BCUT2D eigenvalue weighted by Gasteiger charge is 2.40. The first-order valence-corrected chi connectivity index (χ1v) is 10.7. The number of anilines is 1. The van der Waals surface area contributed by atoms with Gasteiger partial charge in [-0.1, -0.05) is 6.07 Å². The Bertz CT molecular complexity index is 936. The van der Waals surface area contributed by atoms with Crippen LogP contribution >= 0.6 is 22.7 Å². The molecule has 0 atom stereocenters. The summed E-state index contributed by atoms with van der Waals surface area (Å²) in [6.45, 7) is 7.56. The number of ether oxygens (including phenoxy) is 2. The Labute approximate surface area is 160 Å². The van der Waals surface area contributed by atoms with Crippen LogP contribution in [-0.4, -0.2) is 42.1 Å². The van der Waals surface area contributed by atoms with Gasteiger partial charge in [0, 0.05) is 30.8 Å². The molecule has 0 saturated carbocycles. The van der Waals surface area contributed by atoms with Crippen LogP contribution in [0.15, 0.2) is 17.5 Å². The Morgan fingerprint density at radius 3 is 2.58 bits per heavy atom. The smallest absolute Gasteiger partial charge is 0.173 e. The number of nitrogens with zero attached hydrogens (tertiary/aromatic N) is 3. The van der Waals surface area contributed by atoms with Crippen molar-refractivity contribution in [1.82, 2.24) is 9.97 Å². The summed E-state index contributed by atoms with van der Waals surface area (Å²) < 4.78 is 11.8. The van der Waals surface area contributed by atoms with Gasteiger partial charge in [0.2, 0.25) is 0 Å². The van der Waals surface area contributed by atoms with Crippen LogP contribution in [0.3, 0.4) is 0 Å². The average Bonchev–Trinajstić information content (AvgIpc) is 3.38. The van der Waals surface area contributed by atoms with Crippen LogP contribution in [0.25, 0.3) is 20.9 Å². The summed E-state index contributed by atoms with van der Waals surface area (Å²) in [6, 6.07) is 4.14. The van der Waals surface area contributed by atoms with Crippen LogP contribution in [-0.2, 0) is 9.47 Å². The third kappa shape index (κ3) is 2.65. The van der Waals surface area contributed by atoms with Gasteiger partial charge in [0.1, 0.15) is 10.6 Å². The number of hydrogen-bond acceptors (Lipinski definition) is 7. The van der Waals surface area contributed by atoms with E-state index in [1.165, 1.54) is 15.8 Å². The highest BCUT2D eigenvalue weighted by Crippen LogP contribution is 2.40. The van der Waals surface area contributed by atoms with Crippen molar-refractivity contribution in [3.05, 3.63) is 28.0 Å². The monoisotopic (exact) mass is 387 g/mol. The summed E-state index contributed by atoms with van der Waals surface area (Å²) in [6.07, 6.45) is 1.77. The van der Waals surface area contributed by atoms with E-state index >= 15 is 0 Å². The maximum atomic E-state index is 5.89. The molecule has 3 aromatic heterocycles. The first-order chi connectivity index (χ1) is 12.7. The van der Waals surface area contributed by atoms with Gasteiger partial charge in [0.15, 0.2) is 11.6 Å². The summed E-state index contributed by atoms with van der Waals surface area (Å²) in [4.78, 5) is 15.8. The van der Waals surface area contributed by atoms with Crippen LogP contribution in [0.1, 0.15) is 23.3 Å². The second-order valence-corrected chi connectivity index (χ2v) is 9.06. The van der Waals surface area contributed by atoms with Gasteiger partial charge in [0.05, 0.1) is 23.5 Å². The standard InChI is InChI=1S/C19H21N3O2S2/c1-12-13(2)26-18-15(12)17(20-16(21-18)14-4-3-11-25-14)22-7-5-19(6-8-22)23-9-10-24-19/h3-4,11H,5-10H2,1-2H3. The van der Waals surface area contributed by atoms with Gasteiger partial charge >= 0.3 is 0 Å². The van der Waals surface area contributed by atoms with E-state index in [4.69, 9.17) is 19.4 Å².